The number of carbonyl (C=O) groups is 1. The van der Waals surface area contributed by atoms with Crippen LogP contribution < -0.4 is 4.89 Å². The number of hydrogen-bond acceptors (Lipinski definition) is 4. The van der Waals surface area contributed by atoms with E-state index < -0.39 is 19.3 Å². The van der Waals surface area contributed by atoms with Crippen molar-refractivity contribution in [2.75, 3.05) is 0 Å². The van der Waals surface area contributed by atoms with Crippen LogP contribution in [0.2, 0.25) is 0 Å². The monoisotopic (exact) mass is 166 g/mol. The second-order valence-electron chi connectivity index (χ2n) is 1.73. The summed E-state index contributed by atoms with van der Waals surface area (Å²) in [5.41, 5.74) is 0. The van der Waals surface area contributed by atoms with Gasteiger partial charge in [0.1, 0.15) is 0 Å². The molecule has 6 heteroatoms. The third kappa shape index (κ3) is 1.50. The van der Waals surface area contributed by atoms with Gasteiger partial charge >= 0.3 is 19.3 Å². The maximum Gasteiger partial charge on any atom is 0.387 e. The molecule has 0 bridgehead atoms. The van der Waals surface area contributed by atoms with Gasteiger partial charge < -0.3 is 15.1 Å². The lowest BCUT2D eigenvalue weighted by Crippen LogP contribution is -2.36. The van der Waals surface area contributed by atoms with Crippen LogP contribution in [0.3, 0.4) is 0 Å². The van der Waals surface area contributed by atoms with Crippen molar-refractivity contribution in [1.82, 2.24) is 0 Å². The lowest BCUT2D eigenvalue weighted by atomic mass is 10.3. The molecule has 0 aromatic heterocycles. The van der Waals surface area contributed by atoms with E-state index in [2.05, 4.69) is 0 Å². The fraction of sp³-hybridized carbons (Fsp3) is 0.750. The Balaban J connectivity index is 4.55. The van der Waals surface area contributed by atoms with E-state index in [4.69, 9.17) is 10.2 Å². The highest BCUT2D eigenvalue weighted by Gasteiger charge is 2.47. The maximum atomic E-state index is 10.1. The summed E-state index contributed by atoms with van der Waals surface area (Å²) in [6.07, 6.45) is -0.346. The van der Waals surface area contributed by atoms with Crippen molar-refractivity contribution in [3.63, 3.8) is 0 Å². The van der Waals surface area contributed by atoms with Crippen molar-refractivity contribution >= 4 is 14.0 Å². The van der Waals surface area contributed by atoms with Gasteiger partial charge in [-0.25, -0.2) is 4.79 Å². The summed E-state index contributed by atoms with van der Waals surface area (Å²) in [6, 6.07) is 0. The smallest absolute Gasteiger partial charge is 0.387 e. The van der Waals surface area contributed by atoms with Crippen molar-refractivity contribution < 1.29 is 24.5 Å². The zero-order chi connectivity index (χ0) is 8.36. The van der Waals surface area contributed by atoms with Crippen LogP contribution in [0.4, 0.5) is 0 Å². The van der Waals surface area contributed by atoms with Crippen molar-refractivity contribution in [2.24, 2.45) is 0 Å². The zero-order valence-electron chi connectivity index (χ0n) is 5.27. The van der Waals surface area contributed by atoms with E-state index in [-0.39, 0.29) is 6.42 Å². The first-order chi connectivity index (χ1) is 4.45. The Labute approximate surface area is 58.2 Å². The molecule has 2 atom stereocenters. The van der Waals surface area contributed by atoms with Gasteiger partial charge in [-0.2, -0.15) is 0 Å². The molecule has 0 saturated carbocycles. The maximum absolute atomic E-state index is 10.1. The molecule has 0 aromatic rings. The molecule has 0 aliphatic carbocycles. The Morgan fingerprint density at radius 3 is 2.20 bits per heavy atom. The van der Waals surface area contributed by atoms with Gasteiger partial charge in [0.15, 0.2) is 0 Å². The topological polar surface area (TPSA) is 97.7 Å². The minimum Gasteiger partial charge on any atom is -0.593 e. The van der Waals surface area contributed by atoms with E-state index in [9.17, 15) is 14.3 Å². The molecule has 0 fully saturated rings. The average molecular weight is 166 g/mol. The van der Waals surface area contributed by atoms with E-state index in [0.29, 0.717) is 0 Å². The third-order valence-electron chi connectivity index (χ3n) is 1.14. The quantitative estimate of drug-likeness (QED) is 0.538. The van der Waals surface area contributed by atoms with Gasteiger partial charge in [0.2, 0.25) is 0 Å². The molecule has 0 aromatic carbocycles. The van der Waals surface area contributed by atoms with Crippen molar-refractivity contribution in [3.05, 3.63) is 0 Å². The standard InChI is InChI=1S/C4H7O5P/c1-2-4(7,3(5)6)10(8)9/h7H,2H2,1H3,(H,5,6). The molecule has 0 amide bonds. The van der Waals surface area contributed by atoms with Crippen LogP contribution >= 0.6 is 8.03 Å². The minimum absolute atomic E-state index is 0.346. The molecule has 0 aliphatic heterocycles. The molecule has 0 aliphatic rings. The largest absolute Gasteiger partial charge is 0.593 e. The fourth-order valence-electron chi connectivity index (χ4n) is 0.358. The highest BCUT2D eigenvalue weighted by molar-refractivity contribution is 7.39. The average Bonchev–Trinajstić information content (AvgIpc) is 1.85. The molecule has 2 unspecified atom stereocenters. The Kier molecular flexibility index (Phi) is 2.90. The first-order valence-corrected chi connectivity index (χ1v) is 3.73. The summed E-state index contributed by atoms with van der Waals surface area (Å²) in [5, 5.41) is 14.4. The Morgan fingerprint density at radius 2 is 2.20 bits per heavy atom. The molecular formula is C4H7O5P. The lowest BCUT2D eigenvalue weighted by molar-refractivity contribution is -0.186. The third-order valence-corrected chi connectivity index (χ3v) is 2.25. The van der Waals surface area contributed by atoms with E-state index in [1.165, 1.54) is 6.92 Å². The zero-order valence-corrected chi connectivity index (χ0v) is 6.17. The summed E-state index contributed by atoms with van der Waals surface area (Å²) in [7, 11) is -3.33. The van der Waals surface area contributed by atoms with E-state index in [1.807, 2.05) is 0 Å². The van der Waals surface area contributed by atoms with Gasteiger partial charge in [0, 0.05) is 6.42 Å². The number of aliphatic carboxylic acids is 1. The molecule has 0 spiro atoms. The molecule has 0 heterocycles. The molecule has 0 radical (unpaired) electrons. The van der Waals surface area contributed by atoms with Crippen LogP contribution in [0.25, 0.3) is 0 Å². The summed E-state index contributed by atoms with van der Waals surface area (Å²) in [6.45, 7) is 1.28. The normalized spacial score (nSPS) is 17.7. The van der Waals surface area contributed by atoms with Crippen LogP contribution in [0.1, 0.15) is 13.3 Å². The first-order valence-electron chi connectivity index (χ1n) is 2.55. The van der Waals surface area contributed by atoms with Crippen molar-refractivity contribution in [3.8, 4) is 0 Å². The number of carboxylic acid groups (broad SMARTS) is 1. The number of carboxylic acids is 1. The molecule has 58 valence electrons. The molecule has 5 nitrogen and oxygen atoms in total. The second kappa shape index (κ2) is 3.05. The summed E-state index contributed by atoms with van der Waals surface area (Å²) in [5.74, 6) is -1.73. The first kappa shape index (κ1) is 9.49. The predicted octanol–water partition coefficient (Wildman–Crippen LogP) is -0.728. The van der Waals surface area contributed by atoms with Crippen LogP contribution in [0, 0.1) is 0 Å². The minimum atomic E-state index is -3.33. The summed E-state index contributed by atoms with van der Waals surface area (Å²) < 4.78 is 10.1. The second-order valence-corrected chi connectivity index (χ2v) is 2.99. The Hall–Kier alpha value is -0.510. The van der Waals surface area contributed by atoms with Crippen LogP contribution in [-0.4, -0.2) is 21.5 Å². The van der Waals surface area contributed by atoms with Gasteiger partial charge in [-0.15, -0.1) is 0 Å². The van der Waals surface area contributed by atoms with E-state index in [1.54, 1.807) is 0 Å². The van der Waals surface area contributed by atoms with Crippen LogP contribution in [0.5, 0.6) is 0 Å². The van der Waals surface area contributed by atoms with Crippen LogP contribution in [-0.2, 0) is 9.36 Å². The molecule has 0 saturated heterocycles. The van der Waals surface area contributed by atoms with Crippen molar-refractivity contribution in [1.29, 1.82) is 0 Å². The summed E-state index contributed by atoms with van der Waals surface area (Å²) in [4.78, 5) is 20.2. The van der Waals surface area contributed by atoms with Gasteiger partial charge in [-0.05, 0) is 0 Å². The van der Waals surface area contributed by atoms with Gasteiger partial charge in [0.05, 0.1) is 0 Å². The fourth-order valence-corrected chi connectivity index (χ4v) is 0.773. The van der Waals surface area contributed by atoms with Crippen molar-refractivity contribution in [2.45, 2.75) is 18.7 Å². The van der Waals surface area contributed by atoms with E-state index in [0.717, 1.165) is 0 Å². The number of rotatable bonds is 3. The highest BCUT2D eigenvalue weighted by atomic mass is 31.1. The summed E-state index contributed by atoms with van der Waals surface area (Å²) >= 11 is 0. The highest BCUT2D eigenvalue weighted by Crippen LogP contribution is 2.31. The van der Waals surface area contributed by atoms with Gasteiger partial charge in [-0.1, -0.05) is 11.5 Å². The number of hydrogen-bond donors (Lipinski definition) is 2. The molecule has 0 rings (SSSR count). The van der Waals surface area contributed by atoms with E-state index >= 15 is 0 Å². The molecule has 2 N–H and O–H groups in total. The number of aliphatic hydroxyl groups is 1. The Bertz CT molecular complexity index is 151. The van der Waals surface area contributed by atoms with Gasteiger partial charge in [-0.3, -0.25) is 0 Å². The van der Waals surface area contributed by atoms with Crippen LogP contribution in [0.15, 0.2) is 0 Å². The molecular weight excluding hydrogens is 159 g/mol. The Morgan fingerprint density at radius 1 is 1.80 bits per heavy atom. The predicted molar refractivity (Wildman–Crippen MR) is 30.5 cm³/mol. The van der Waals surface area contributed by atoms with Gasteiger partial charge in [0.25, 0.3) is 0 Å². The SMILES string of the molecule is CCC(O)(C(=O)O)[P+](=O)[O-]. The lowest BCUT2D eigenvalue weighted by Gasteiger charge is -2.10. The molecule has 10 heavy (non-hydrogen) atoms.